The maximum absolute atomic E-state index is 12.0. The lowest BCUT2D eigenvalue weighted by Gasteiger charge is -2.09. The molecule has 0 aliphatic rings. The van der Waals surface area contributed by atoms with Crippen LogP contribution in [-0.2, 0) is 11.2 Å². The van der Waals surface area contributed by atoms with E-state index in [1.54, 1.807) is 24.3 Å². The average molecular weight is 353 g/mol. The largest absolute Gasteiger partial charge is 0.352 e. The predicted octanol–water partition coefficient (Wildman–Crippen LogP) is 2.14. The minimum atomic E-state index is -0.384. The van der Waals surface area contributed by atoms with Gasteiger partial charge in [0.15, 0.2) is 0 Å². The number of rotatable bonds is 6. The molecule has 0 fully saturated rings. The number of hydrogen-bond donors (Lipinski definition) is 3. The van der Waals surface area contributed by atoms with Crippen LogP contribution in [0, 0.1) is 6.92 Å². The second-order valence-electron chi connectivity index (χ2n) is 5.87. The van der Waals surface area contributed by atoms with Gasteiger partial charge in [-0.15, -0.1) is 0 Å². The Balaban J connectivity index is 1.72. The first-order valence-electron chi connectivity index (χ1n) is 8.53. The summed E-state index contributed by atoms with van der Waals surface area (Å²) < 4.78 is 0. The van der Waals surface area contributed by atoms with Crippen molar-refractivity contribution >= 4 is 17.7 Å². The van der Waals surface area contributed by atoms with Gasteiger partial charge in [-0.2, -0.15) is 0 Å². The summed E-state index contributed by atoms with van der Waals surface area (Å²) in [5.74, 6) is -0.991. The van der Waals surface area contributed by atoms with E-state index in [0.717, 1.165) is 17.5 Å². The van der Waals surface area contributed by atoms with Crippen LogP contribution in [0.25, 0.3) is 0 Å². The number of aryl methyl sites for hydroxylation is 2. The zero-order chi connectivity index (χ0) is 18.9. The quantitative estimate of drug-likeness (QED) is 0.695. The molecule has 0 spiro atoms. The summed E-state index contributed by atoms with van der Waals surface area (Å²) in [5, 5.41) is 2.69. The molecule has 0 radical (unpaired) electrons. The van der Waals surface area contributed by atoms with Gasteiger partial charge in [0.25, 0.3) is 11.8 Å². The molecule has 0 aromatic heterocycles. The first kappa shape index (κ1) is 19.2. The molecule has 0 aliphatic heterocycles. The Bertz CT molecular complexity index is 785. The van der Waals surface area contributed by atoms with Crippen molar-refractivity contribution < 1.29 is 14.4 Å². The molecule has 2 rings (SSSR count). The lowest BCUT2D eigenvalue weighted by molar-refractivity contribution is -0.121. The van der Waals surface area contributed by atoms with Gasteiger partial charge in [0.2, 0.25) is 5.91 Å². The van der Waals surface area contributed by atoms with Crippen LogP contribution in [-0.4, -0.2) is 24.3 Å². The van der Waals surface area contributed by atoms with Crippen LogP contribution in [0.2, 0.25) is 0 Å². The van der Waals surface area contributed by atoms with E-state index in [0.29, 0.717) is 11.1 Å². The lowest BCUT2D eigenvalue weighted by atomic mass is 10.1. The van der Waals surface area contributed by atoms with Crippen molar-refractivity contribution in [2.24, 2.45) is 0 Å². The second kappa shape index (κ2) is 9.36. The highest BCUT2D eigenvalue weighted by atomic mass is 16.2. The van der Waals surface area contributed by atoms with Crippen molar-refractivity contribution in [1.29, 1.82) is 0 Å². The average Bonchev–Trinajstić information content (AvgIpc) is 2.66. The first-order chi connectivity index (χ1) is 12.5. The number of hydrazine groups is 1. The molecule has 3 N–H and O–H groups in total. The summed E-state index contributed by atoms with van der Waals surface area (Å²) in [7, 11) is 0. The highest BCUT2D eigenvalue weighted by molar-refractivity contribution is 5.96. The van der Waals surface area contributed by atoms with E-state index in [1.807, 2.05) is 38.1 Å². The molecular formula is C20H23N3O3. The Kier molecular flexibility index (Phi) is 6.91. The molecule has 0 heterocycles. The second-order valence-corrected chi connectivity index (χ2v) is 5.87. The van der Waals surface area contributed by atoms with Crippen molar-refractivity contribution in [2.45, 2.75) is 26.7 Å². The number of hydrogen-bond acceptors (Lipinski definition) is 3. The summed E-state index contributed by atoms with van der Waals surface area (Å²) in [4.78, 5) is 35.8. The van der Waals surface area contributed by atoms with Gasteiger partial charge in [-0.25, -0.2) is 0 Å². The zero-order valence-corrected chi connectivity index (χ0v) is 15.0. The minimum Gasteiger partial charge on any atom is -0.352 e. The molecular weight excluding hydrogens is 330 g/mol. The maximum atomic E-state index is 12.0. The Hall–Kier alpha value is -3.15. The van der Waals surface area contributed by atoms with Gasteiger partial charge in [0.05, 0.1) is 0 Å². The molecule has 2 aromatic rings. The van der Waals surface area contributed by atoms with E-state index in [-0.39, 0.29) is 30.7 Å². The monoisotopic (exact) mass is 353 g/mol. The fourth-order valence-corrected chi connectivity index (χ4v) is 2.37. The molecule has 6 heteroatoms. The molecule has 0 bridgehead atoms. The van der Waals surface area contributed by atoms with E-state index in [4.69, 9.17) is 0 Å². The fourth-order valence-electron chi connectivity index (χ4n) is 2.37. The highest BCUT2D eigenvalue weighted by Gasteiger charge is 2.10. The number of benzene rings is 2. The first-order valence-corrected chi connectivity index (χ1v) is 8.53. The van der Waals surface area contributed by atoms with Crippen LogP contribution < -0.4 is 16.2 Å². The normalized spacial score (nSPS) is 10.1. The lowest BCUT2D eigenvalue weighted by Crippen LogP contribution is -2.42. The summed E-state index contributed by atoms with van der Waals surface area (Å²) in [6, 6.07) is 14.4. The van der Waals surface area contributed by atoms with Crippen LogP contribution >= 0.6 is 0 Å². The Morgan fingerprint density at radius 3 is 2.23 bits per heavy atom. The summed E-state index contributed by atoms with van der Waals surface area (Å²) >= 11 is 0. The molecule has 2 aromatic carbocycles. The van der Waals surface area contributed by atoms with Gasteiger partial charge in [0.1, 0.15) is 0 Å². The fraction of sp³-hybridized carbons (Fsp3) is 0.250. The van der Waals surface area contributed by atoms with Gasteiger partial charge in [0, 0.05) is 24.1 Å². The van der Waals surface area contributed by atoms with Crippen molar-refractivity contribution in [3.63, 3.8) is 0 Å². The van der Waals surface area contributed by atoms with E-state index in [1.165, 1.54) is 0 Å². The van der Waals surface area contributed by atoms with Gasteiger partial charge in [-0.1, -0.05) is 37.3 Å². The summed E-state index contributed by atoms with van der Waals surface area (Å²) in [5.41, 5.74) is 7.76. The van der Waals surface area contributed by atoms with Gasteiger partial charge in [-0.05, 0) is 42.7 Å². The number of carbonyl (C=O) groups excluding carboxylic acids is 3. The summed E-state index contributed by atoms with van der Waals surface area (Å²) in [6.07, 6.45) is 0.958. The molecule has 0 saturated heterocycles. The van der Waals surface area contributed by atoms with Gasteiger partial charge in [-0.3, -0.25) is 25.2 Å². The molecule has 0 aliphatic carbocycles. The molecule has 136 valence electrons. The minimum absolute atomic E-state index is 0.0622. The maximum Gasteiger partial charge on any atom is 0.269 e. The Morgan fingerprint density at radius 2 is 1.58 bits per heavy atom. The number of nitrogens with one attached hydrogen (secondary N) is 3. The SMILES string of the molecule is CCc1ccc(C(=O)NNC(=O)CCNC(=O)c2ccccc2C)cc1. The van der Waals surface area contributed by atoms with E-state index in [9.17, 15) is 14.4 Å². The van der Waals surface area contributed by atoms with Crippen molar-refractivity contribution in [3.05, 3.63) is 70.8 Å². The van der Waals surface area contributed by atoms with E-state index >= 15 is 0 Å². The Labute approximate surface area is 153 Å². The third-order valence-corrected chi connectivity index (χ3v) is 3.97. The van der Waals surface area contributed by atoms with Crippen molar-refractivity contribution in [2.75, 3.05) is 6.54 Å². The van der Waals surface area contributed by atoms with Crippen LogP contribution in [0.1, 0.15) is 45.2 Å². The molecule has 6 nitrogen and oxygen atoms in total. The smallest absolute Gasteiger partial charge is 0.269 e. The van der Waals surface area contributed by atoms with Crippen molar-refractivity contribution in [3.8, 4) is 0 Å². The highest BCUT2D eigenvalue weighted by Crippen LogP contribution is 2.06. The zero-order valence-electron chi connectivity index (χ0n) is 15.0. The standard InChI is InChI=1S/C20H23N3O3/c1-3-15-8-10-16(11-9-15)19(25)23-22-18(24)12-13-21-20(26)17-7-5-4-6-14(17)2/h4-11H,3,12-13H2,1-2H3,(H,21,26)(H,22,24)(H,23,25). The van der Waals surface area contributed by atoms with Crippen LogP contribution in [0.15, 0.2) is 48.5 Å². The van der Waals surface area contributed by atoms with Gasteiger partial charge < -0.3 is 5.32 Å². The number of carbonyl (C=O) groups is 3. The van der Waals surface area contributed by atoms with Crippen molar-refractivity contribution in [1.82, 2.24) is 16.2 Å². The van der Waals surface area contributed by atoms with Crippen LogP contribution in [0.5, 0.6) is 0 Å². The topological polar surface area (TPSA) is 87.3 Å². The Morgan fingerprint density at radius 1 is 0.885 bits per heavy atom. The number of amides is 3. The predicted molar refractivity (Wildman–Crippen MR) is 99.6 cm³/mol. The molecule has 0 unspecified atom stereocenters. The molecule has 0 saturated carbocycles. The third-order valence-electron chi connectivity index (χ3n) is 3.97. The molecule has 26 heavy (non-hydrogen) atoms. The van der Waals surface area contributed by atoms with Crippen LogP contribution in [0.3, 0.4) is 0 Å². The molecule has 0 atom stereocenters. The van der Waals surface area contributed by atoms with E-state index < -0.39 is 0 Å². The summed E-state index contributed by atoms with van der Waals surface area (Å²) in [6.45, 7) is 4.07. The van der Waals surface area contributed by atoms with Gasteiger partial charge >= 0.3 is 0 Å². The van der Waals surface area contributed by atoms with E-state index in [2.05, 4.69) is 16.2 Å². The van der Waals surface area contributed by atoms with Crippen LogP contribution in [0.4, 0.5) is 0 Å². The third kappa shape index (κ3) is 5.44. The molecule has 3 amide bonds.